The highest BCUT2D eigenvalue weighted by Crippen LogP contribution is 2.17. The van der Waals surface area contributed by atoms with Crippen LogP contribution in [-0.2, 0) is 6.54 Å². The predicted molar refractivity (Wildman–Crippen MR) is 81.7 cm³/mol. The lowest BCUT2D eigenvalue weighted by Gasteiger charge is -2.37. The molecule has 6 heteroatoms. The van der Waals surface area contributed by atoms with Crippen molar-refractivity contribution in [3.8, 4) is 0 Å². The first kappa shape index (κ1) is 16.0. The van der Waals surface area contributed by atoms with Gasteiger partial charge in [0.15, 0.2) is 5.76 Å². The van der Waals surface area contributed by atoms with Crippen molar-refractivity contribution in [2.45, 2.75) is 39.8 Å². The Kier molecular flexibility index (Phi) is 5.39. The van der Waals surface area contributed by atoms with Crippen LogP contribution in [0.1, 0.15) is 42.1 Å². The van der Waals surface area contributed by atoms with Gasteiger partial charge in [-0.05, 0) is 26.3 Å². The first-order valence-electron chi connectivity index (χ1n) is 7.61. The van der Waals surface area contributed by atoms with Crippen LogP contribution in [0.2, 0.25) is 0 Å². The van der Waals surface area contributed by atoms with Gasteiger partial charge in [0.1, 0.15) is 5.76 Å². The maximum Gasteiger partial charge on any atom is 0.301 e. The second-order valence-electron chi connectivity index (χ2n) is 5.77. The molecule has 118 valence electrons. The molecule has 1 aliphatic heterocycles. The summed E-state index contributed by atoms with van der Waals surface area (Å²) in [5, 5.41) is 0. The van der Waals surface area contributed by atoms with E-state index in [9.17, 15) is 4.79 Å². The van der Waals surface area contributed by atoms with Gasteiger partial charge in [-0.1, -0.05) is 6.92 Å². The maximum absolute atomic E-state index is 11.5. The number of hydrazine groups is 1. The second-order valence-corrected chi connectivity index (χ2v) is 5.77. The maximum atomic E-state index is 11.5. The van der Waals surface area contributed by atoms with Crippen LogP contribution in [0.5, 0.6) is 0 Å². The molecule has 3 N–H and O–H groups in total. The van der Waals surface area contributed by atoms with Gasteiger partial charge in [0.2, 0.25) is 0 Å². The van der Waals surface area contributed by atoms with Gasteiger partial charge in [0.25, 0.3) is 0 Å². The number of amides is 1. The summed E-state index contributed by atoms with van der Waals surface area (Å²) in [5.74, 6) is 5.91. The number of carbonyl (C=O) groups is 1. The van der Waals surface area contributed by atoms with Gasteiger partial charge in [-0.3, -0.25) is 20.0 Å². The van der Waals surface area contributed by atoms with Crippen LogP contribution in [0.25, 0.3) is 0 Å². The molecule has 0 saturated carbocycles. The minimum absolute atomic E-state index is 0.311. The van der Waals surface area contributed by atoms with E-state index in [1.807, 2.05) is 13.0 Å². The monoisotopic (exact) mass is 294 g/mol. The van der Waals surface area contributed by atoms with Crippen molar-refractivity contribution in [3.05, 3.63) is 23.2 Å². The smallest absolute Gasteiger partial charge is 0.301 e. The van der Waals surface area contributed by atoms with Gasteiger partial charge in [-0.25, -0.2) is 5.84 Å². The number of piperazine rings is 1. The van der Waals surface area contributed by atoms with Gasteiger partial charge >= 0.3 is 5.91 Å². The predicted octanol–water partition coefficient (Wildman–Crippen LogP) is 1.11. The lowest BCUT2D eigenvalue weighted by Crippen LogP contribution is -2.48. The number of furan rings is 1. The Balaban J connectivity index is 1.90. The third-order valence-electron chi connectivity index (χ3n) is 4.31. The van der Waals surface area contributed by atoms with Crippen molar-refractivity contribution in [1.29, 1.82) is 0 Å². The van der Waals surface area contributed by atoms with Crippen molar-refractivity contribution in [2.75, 3.05) is 26.2 Å². The minimum atomic E-state index is -0.375. The normalized spacial score (nSPS) is 18.7. The molecule has 1 aliphatic rings. The molecule has 0 radical (unpaired) electrons. The van der Waals surface area contributed by atoms with Crippen LogP contribution in [-0.4, -0.2) is 47.9 Å². The summed E-state index contributed by atoms with van der Waals surface area (Å²) in [4.78, 5) is 16.4. The van der Waals surface area contributed by atoms with Crippen molar-refractivity contribution >= 4 is 5.91 Å². The number of nitrogen functional groups attached to an aromatic ring is 1. The summed E-state index contributed by atoms with van der Waals surface area (Å²) in [6.45, 7) is 11.3. The van der Waals surface area contributed by atoms with E-state index in [-0.39, 0.29) is 5.91 Å². The van der Waals surface area contributed by atoms with Crippen LogP contribution in [0.3, 0.4) is 0 Å². The molecule has 0 aromatic carbocycles. The Morgan fingerprint density at radius 2 is 2.10 bits per heavy atom. The van der Waals surface area contributed by atoms with E-state index in [0.29, 0.717) is 11.8 Å². The molecule has 1 unspecified atom stereocenters. The molecule has 2 rings (SSSR count). The summed E-state index contributed by atoms with van der Waals surface area (Å²) in [6.07, 6.45) is 1.19. The molecule has 1 fully saturated rings. The quantitative estimate of drug-likeness (QED) is 0.483. The number of carbonyl (C=O) groups excluding carboxylic acids is 1. The average molecular weight is 294 g/mol. The fourth-order valence-electron chi connectivity index (χ4n) is 2.76. The van der Waals surface area contributed by atoms with E-state index in [1.165, 1.54) is 6.42 Å². The van der Waals surface area contributed by atoms with E-state index in [4.69, 9.17) is 10.3 Å². The Morgan fingerprint density at radius 1 is 1.43 bits per heavy atom. The van der Waals surface area contributed by atoms with Gasteiger partial charge in [0, 0.05) is 37.8 Å². The van der Waals surface area contributed by atoms with Gasteiger partial charge in [-0.15, -0.1) is 0 Å². The third-order valence-corrected chi connectivity index (χ3v) is 4.31. The Hall–Kier alpha value is -1.37. The number of hydrogen-bond acceptors (Lipinski definition) is 5. The fraction of sp³-hybridized carbons (Fsp3) is 0.667. The number of nitrogens with two attached hydrogens (primary N) is 1. The van der Waals surface area contributed by atoms with E-state index >= 15 is 0 Å². The van der Waals surface area contributed by atoms with Gasteiger partial charge in [-0.2, -0.15) is 0 Å². The topological polar surface area (TPSA) is 74.7 Å². The lowest BCUT2D eigenvalue weighted by atomic mass is 10.2. The summed E-state index contributed by atoms with van der Waals surface area (Å²) >= 11 is 0. The third kappa shape index (κ3) is 3.84. The zero-order valence-corrected chi connectivity index (χ0v) is 13.2. The molecular weight excluding hydrogens is 268 g/mol. The standard InChI is InChI=1S/C15H26N4O2/c1-4-12(3)19-7-5-18(6-8-19)10-13-9-11(2)14(21-13)15(20)17-16/h9,12H,4-8,10,16H2,1-3H3,(H,17,20). The van der Waals surface area contributed by atoms with Crippen molar-refractivity contribution in [1.82, 2.24) is 15.2 Å². The average Bonchev–Trinajstić information content (AvgIpc) is 2.87. The Morgan fingerprint density at radius 3 is 2.67 bits per heavy atom. The SMILES string of the molecule is CCC(C)N1CCN(Cc2cc(C)c(C(=O)NN)o2)CC1. The number of rotatable bonds is 5. The molecule has 1 saturated heterocycles. The van der Waals surface area contributed by atoms with Crippen LogP contribution >= 0.6 is 0 Å². The van der Waals surface area contributed by atoms with Crippen molar-refractivity contribution in [3.63, 3.8) is 0 Å². The summed E-state index contributed by atoms with van der Waals surface area (Å²) in [5.41, 5.74) is 2.94. The Labute approximate surface area is 126 Å². The van der Waals surface area contributed by atoms with E-state index in [2.05, 4.69) is 29.1 Å². The minimum Gasteiger partial charge on any atom is -0.454 e. The number of nitrogens with one attached hydrogen (secondary N) is 1. The van der Waals surface area contributed by atoms with Crippen LogP contribution in [0.15, 0.2) is 10.5 Å². The highest BCUT2D eigenvalue weighted by Gasteiger charge is 2.22. The summed E-state index contributed by atoms with van der Waals surface area (Å²) in [6, 6.07) is 2.57. The molecule has 0 spiro atoms. The van der Waals surface area contributed by atoms with Crippen molar-refractivity contribution in [2.24, 2.45) is 5.84 Å². The molecule has 1 aromatic rings. The van der Waals surface area contributed by atoms with Crippen LogP contribution < -0.4 is 11.3 Å². The fourth-order valence-corrected chi connectivity index (χ4v) is 2.76. The second kappa shape index (κ2) is 7.06. The number of nitrogens with zero attached hydrogens (tertiary/aromatic N) is 2. The molecule has 0 aliphatic carbocycles. The van der Waals surface area contributed by atoms with E-state index < -0.39 is 0 Å². The van der Waals surface area contributed by atoms with E-state index in [1.54, 1.807) is 0 Å². The molecule has 2 heterocycles. The molecule has 1 aromatic heterocycles. The van der Waals surface area contributed by atoms with Gasteiger partial charge in [0.05, 0.1) is 6.54 Å². The number of aryl methyl sites for hydroxylation is 1. The lowest BCUT2D eigenvalue weighted by molar-refractivity contribution is 0.0878. The largest absolute Gasteiger partial charge is 0.454 e. The van der Waals surface area contributed by atoms with E-state index in [0.717, 1.165) is 44.0 Å². The molecule has 1 atom stereocenters. The molecule has 0 bridgehead atoms. The first-order chi connectivity index (χ1) is 10.0. The molecule has 21 heavy (non-hydrogen) atoms. The zero-order chi connectivity index (χ0) is 15.4. The highest BCUT2D eigenvalue weighted by atomic mass is 16.4. The van der Waals surface area contributed by atoms with Crippen LogP contribution in [0, 0.1) is 6.92 Å². The molecular formula is C15H26N4O2. The summed E-state index contributed by atoms with van der Waals surface area (Å²) in [7, 11) is 0. The van der Waals surface area contributed by atoms with Gasteiger partial charge < -0.3 is 4.42 Å². The number of hydrogen-bond donors (Lipinski definition) is 2. The zero-order valence-electron chi connectivity index (χ0n) is 13.2. The summed E-state index contributed by atoms with van der Waals surface area (Å²) < 4.78 is 5.62. The highest BCUT2D eigenvalue weighted by molar-refractivity contribution is 5.92. The van der Waals surface area contributed by atoms with Crippen LogP contribution in [0.4, 0.5) is 0 Å². The molecule has 1 amide bonds. The first-order valence-corrected chi connectivity index (χ1v) is 7.61. The van der Waals surface area contributed by atoms with Crippen molar-refractivity contribution < 1.29 is 9.21 Å². The molecule has 6 nitrogen and oxygen atoms in total. The Bertz CT molecular complexity index is 478.